The molecule has 0 aromatic carbocycles. The Kier molecular flexibility index (Phi) is 6.05. The van der Waals surface area contributed by atoms with Crippen LogP contribution in [0.2, 0.25) is 4.34 Å². The number of amides is 1. The number of hydrogen-bond donors (Lipinski definition) is 2. The smallest absolute Gasteiger partial charge is 0.326 e. The summed E-state index contributed by atoms with van der Waals surface area (Å²) in [6.45, 7) is 3.82. The van der Waals surface area contributed by atoms with Gasteiger partial charge in [0.2, 0.25) is 5.91 Å². The number of carbonyl (C=O) groups excluding carboxylic acids is 1. The van der Waals surface area contributed by atoms with Gasteiger partial charge >= 0.3 is 5.97 Å². The van der Waals surface area contributed by atoms with Gasteiger partial charge in [-0.05, 0) is 30.5 Å². The number of rotatable bonds is 6. The van der Waals surface area contributed by atoms with Gasteiger partial charge in [-0.1, -0.05) is 25.4 Å². The van der Waals surface area contributed by atoms with Gasteiger partial charge in [0.05, 0.1) is 4.34 Å². The van der Waals surface area contributed by atoms with Crippen LogP contribution in [-0.2, 0) is 9.59 Å². The maximum absolute atomic E-state index is 11.6. The van der Waals surface area contributed by atoms with E-state index in [1.165, 1.54) is 17.4 Å². The van der Waals surface area contributed by atoms with Crippen molar-refractivity contribution in [3.8, 4) is 0 Å². The first-order valence-electron chi connectivity index (χ1n) is 5.85. The van der Waals surface area contributed by atoms with Crippen molar-refractivity contribution in [1.82, 2.24) is 5.32 Å². The van der Waals surface area contributed by atoms with Crippen molar-refractivity contribution >= 4 is 40.9 Å². The summed E-state index contributed by atoms with van der Waals surface area (Å²) in [6, 6.07) is 2.67. The van der Waals surface area contributed by atoms with Gasteiger partial charge in [0.25, 0.3) is 0 Å². The van der Waals surface area contributed by atoms with Crippen LogP contribution in [-0.4, -0.2) is 23.0 Å². The topological polar surface area (TPSA) is 66.4 Å². The second-order valence-corrected chi connectivity index (χ2v) is 6.25. The number of hydrogen-bond acceptors (Lipinski definition) is 3. The van der Waals surface area contributed by atoms with E-state index in [4.69, 9.17) is 16.7 Å². The van der Waals surface area contributed by atoms with Crippen LogP contribution in [0.4, 0.5) is 0 Å². The van der Waals surface area contributed by atoms with E-state index in [0.717, 1.165) is 4.88 Å². The lowest BCUT2D eigenvalue weighted by molar-refractivity contribution is -0.141. The molecule has 1 heterocycles. The molecule has 0 unspecified atom stereocenters. The highest BCUT2D eigenvalue weighted by Crippen LogP contribution is 2.22. The molecule has 19 heavy (non-hydrogen) atoms. The molecule has 1 rings (SSSR count). The van der Waals surface area contributed by atoms with Crippen molar-refractivity contribution in [2.24, 2.45) is 5.92 Å². The molecule has 0 aliphatic heterocycles. The predicted octanol–water partition coefficient (Wildman–Crippen LogP) is 3.03. The molecule has 104 valence electrons. The average Bonchev–Trinajstić information content (AvgIpc) is 2.71. The van der Waals surface area contributed by atoms with Gasteiger partial charge in [0.1, 0.15) is 6.04 Å². The highest BCUT2D eigenvalue weighted by atomic mass is 35.5. The van der Waals surface area contributed by atoms with E-state index in [-0.39, 0.29) is 5.92 Å². The Balaban J connectivity index is 2.57. The van der Waals surface area contributed by atoms with Gasteiger partial charge in [-0.25, -0.2) is 4.79 Å². The number of nitrogens with one attached hydrogen (secondary N) is 1. The fourth-order valence-corrected chi connectivity index (χ4v) is 2.45. The molecule has 0 saturated carbocycles. The van der Waals surface area contributed by atoms with Crippen LogP contribution >= 0.6 is 22.9 Å². The van der Waals surface area contributed by atoms with Crippen LogP contribution in [0, 0.1) is 5.92 Å². The monoisotopic (exact) mass is 301 g/mol. The summed E-state index contributed by atoms with van der Waals surface area (Å²) in [5.41, 5.74) is 0. The molecule has 6 heteroatoms. The van der Waals surface area contributed by atoms with Crippen LogP contribution in [0.25, 0.3) is 6.08 Å². The van der Waals surface area contributed by atoms with Crippen LogP contribution in [0.5, 0.6) is 0 Å². The molecule has 0 radical (unpaired) electrons. The lowest BCUT2D eigenvalue weighted by Gasteiger charge is -2.15. The first-order valence-corrected chi connectivity index (χ1v) is 7.04. The maximum Gasteiger partial charge on any atom is 0.326 e. The maximum atomic E-state index is 11.6. The number of carboxylic acid groups (broad SMARTS) is 1. The van der Waals surface area contributed by atoms with Crippen molar-refractivity contribution in [2.45, 2.75) is 26.3 Å². The fraction of sp³-hybridized carbons (Fsp3) is 0.385. The van der Waals surface area contributed by atoms with E-state index in [1.54, 1.807) is 18.2 Å². The molecule has 1 atom stereocenters. The molecule has 1 amide bonds. The standard InChI is InChI=1S/C13H16ClNO3S/c1-8(2)7-10(13(17)18)15-12(16)6-4-9-3-5-11(14)19-9/h3-6,8,10H,7H2,1-2H3,(H,15,16)(H,17,18)/t10-/m1/s1. The van der Waals surface area contributed by atoms with Crippen molar-refractivity contribution < 1.29 is 14.7 Å². The van der Waals surface area contributed by atoms with Crippen LogP contribution in [0.1, 0.15) is 25.1 Å². The van der Waals surface area contributed by atoms with Gasteiger partial charge < -0.3 is 10.4 Å². The van der Waals surface area contributed by atoms with E-state index >= 15 is 0 Å². The molecule has 4 nitrogen and oxygen atoms in total. The lowest BCUT2D eigenvalue weighted by Crippen LogP contribution is -2.40. The van der Waals surface area contributed by atoms with E-state index in [9.17, 15) is 9.59 Å². The Bertz CT molecular complexity index is 482. The summed E-state index contributed by atoms with van der Waals surface area (Å²) >= 11 is 7.11. The lowest BCUT2D eigenvalue weighted by atomic mass is 10.0. The molecule has 1 aromatic rings. The third-order valence-corrected chi connectivity index (χ3v) is 3.51. The summed E-state index contributed by atoms with van der Waals surface area (Å²) in [6.07, 6.45) is 3.33. The van der Waals surface area contributed by atoms with E-state index in [2.05, 4.69) is 5.32 Å². The third kappa shape index (κ3) is 5.89. The van der Waals surface area contributed by atoms with Gasteiger partial charge in [-0.2, -0.15) is 0 Å². The average molecular weight is 302 g/mol. The minimum atomic E-state index is -1.02. The molecular formula is C13H16ClNO3S. The first kappa shape index (κ1) is 15.7. The van der Waals surface area contributed by atoms with Gasteiger partial charge in [0, 0.05) is 11.0 Å². The van der Waals surface area contributed by atoms with Gasteiger partial charge in [0.15, 0.2) is 0 Å². The van der Waals surface area contributed by atoms with Crippen LogP contribution < -0.4 is 5.32 Å². The summed E-state index contributed by atoms with van der Waals surface area (Å²) in [4.78, 5) is 23.5. The van der Waals surface area contributed by atoms with E-state index in [1.807, 2.05) is 13.8 Å². The summed E-state index contributed by atoms with van der Waals surface area (Å²) in [5.74, 6) is -1.24. The Morgan fingerprint density at radius 3 is 2.63 bits per heavy atom. The highest BCUT2D eigenvalue weighted by Gasteiger charge is 2.19. The minimum absolute atomic E-state index is 0.196. The highest BCUT2D eigenvalue weighted by molar-refractivity contribution is 7.17. The van der Waals surface area contributed by atoms with Crippen molar-refractivity contribution in [3.05, 3.63) is 27.4 Å². The minimum Gasteiger partial charge on any atom is -0.480 e. The number of thiophene rings is 1. The molecular weight excluding hydrogens is 286 g/mol. The number of halogens is 1. The number of aliphatic carboxylic acids is 1. The molecule has 0 aliphatic rings. The third-order valence-electron chi connectivity index (χ3n) is 2.31. The van der Waals surface area contributed by atoms with E-state index in [0.29, 0.717) is 10.8 Å². The van der Waals surface area contributed by atoms with Crippen LogP contribution in [0.15, 0.2) is 18.2 Å². The quantitative estimate of drug-likeness (QED) is 0.794. The largest absolute Gasteiger partial charge is 0.480 e. The molecule has 0 spiro atoms. The van der Waals surface area contributed by atoms with Gasteiger partial charge in [-0.15, -0.1) is 11.3 Å². The number of carbonyl (C=O) groups is 2. The second kappa shape index (κ2) is 7.31. The van der Waals surface area contributed by atoms with Crippen LogP contribution in [0.3, 0.4) is 0 Å². The molecule has 0 fully saturated rings. The Morgan fingerprint density at radius 2 is 2.16 bits per heavy atom. The second-order valence-electron chi connectivity index (χ2n) is 4.50. The van der Waals surface area contributed by atoms with Gasteiger partial charge in [-0.3, -0.25) is 4.79 Å². The molecule has 0 bridgehead atoms. The van der Waals surface area contributed by atoms with E-state index < -0.39 is 17.9 Å². The Morgan fingerprint density at radius 1 is 1.47 bits per heavy atom. The number of carboxylic acids is 1. The Labute approximate surface area is 121 Å². The molecule has 0 aliphatic carbocycles. The summed E-state index contributed by atoms with van der Waals surface area (Å²) in [7, 11) is 0. The molecule has 0 saturated heterocycles. The SMILES string of the molecule is CC(C)C[C@@H](NC(=O)C=Cc1ccc(Cl)s1)C(=O)O. The summed E-state index contributed by atoms with van der Waals surface area (Å²) in [5, 5.41) is 11.5. The fourth-order valence-electron chi connectivity index (χ4n) is 1.49. The molecule has 2 N–H and O–H groups in total. The van der Waals surface area contributed by atoms with Crippen molar-refractivity contribution in [1.29, 1.82) is 0 Å². The normalized spacial score (nSPS) is 12.8. The van der Waals surface area contributed by atoms with Crippen molar-refractivity contribution in [3.63, 3.8) is 0 Å². The molecule has 1 aromatic heterocycles. The zero-order valence-corrected chi connectivity index (χ0v) is 12.3. The predicted molar refractivity (Wildman–Crippen MR) is 77.4 cm³/mol. The first-order chi connectivity index (χ1) is 8.88. The zero-order chi connectivity index (χ0) is 14.4. The summed E-state index contributed by atoms with van der Waals surface area (Å²) < 4.78 is 0.642. The van der Waals surface area contributed by atoms with Crippen molar-refractivity contribution in [2.75, 3.05) is 0 Å². The Hall–Kier alpha value is -1.33. The zero-order valence-electron chi connectivity index (χ0n) is 10.7.